The Morgan fingerprint density at radius 3 is 2.75 bits per heavy atom. The highest BCUT2D eigenvalue weighted by molar-refractivity contribution is 5.87. The average molecular weight is 269 g/mol. The van der Waals surface area contributed by atoms with Crippen LogP contribution in [0.1, 0.15) is 12.3 Å². The lowest BCUT2D eigenvalue weighted by Gasteiger charge is -2.00. The standard InChI is InChI=1S/C15H15N3O2/c16-7-1-2-14-17-15(18-20-14)12-4-3-11-9-13(19)6-5-10(11)8-12/h3-6,8-9,19H,1-2,7,16H2. The van der Waals surface area contributed by atoms with Gasteiger partial charge in [-0.15, -0.1) is 0 Å². The molecule has 0 saturated heterocycles. The second-order valence-corrected chi connectivity index (χ2v) is 4.65. The number of rotatable bonds is 4. The second kappa shape index (κ2) is 5.30. The fraction of sp³-hybridized carbons (Fsp3) is 0.200. The van der Waals surface area contributed by atoms with E-state index < -0.39 is 0 Å². The first-order valence-corrected chi connectivity index (χ1v) is 6.52. The lowest BCUT2D eigenvalue weighted by Crippen LogP contribution is -2.00. The minimum absolute atomic E-state index is 0.258. The molecule has 0 bridgehead atoms. The lowest BCUT2D eigenvalue weighted by atomic mass is 10.1. The molecule has 0 saturated carbocycles. The van der Waals surface area contributed by atoms with Gasteiger partial charge < -0.3 is 15.4 Å². The number of fused-ring (bicyclic) bond motifs is 1. The zero-order chi connectivity index (χ0) is 13.9. The van der Waals surface area contributed by atoms with Gasteiger partial charge in [-0.2, -0.15) is 4.98 Å². The molecular weight excluding hydrogens is 254 g/mol. The molecule has 0 aliphatic heterocycles. The summed E-state index contributed by atoms with van der Waals surface area (Å²) in [5.41, 5.74) is 6.35. The van der Waals surface area contributed by atoms with Gasteiger partial charge in [0.25, 0.3) is 0 Å². The third kappa shape index (κ3) is 2.48. The van der Waals surface area contributed by atoms with Crippen LogP contribution in [-0.4, -0.2) is 21.8 Å². The molecule has 102 valence electrons. The van der Waals surface area contributed by atoms with Gasteiger partial charge in [-0.1, -0.05) is 23.4 Å². The molecule has 0 atom stereocenters. The Hall–Kier alpha value is -2.40. The Kier molecular flexibility index (Phi) is 3.35. The molecule has 5 heteroatoms. The maximum Gasteiger partial charge on any atom is 0.227 e. The highest BCUT2D eigenvalue weighted by Crippen LogP contribution is 2.25. The zero-order valence-electron chi connectivity index (χ0n) is 10.9. The summed E-state index contributed by atoms with van der Waals surface area (Å²) in [6, 6.07) is 11.1. The largest absolute Gasteiger partial charge is 0.508 e. The Morgan fingerprint density at radius 1 is 1.10 bits per heavy atom. The molecule has 0 radical (unpaired) electrons. The van der Waals surface area contributed by atoms with Gasteiger partial charge in [-0.05, 0) is 41.9 Å². The first-order chi connectivity index (χ1) is 9.76. The van der Waals surface area contributed by atoms with Crippen LogP contribution >= 0.6 is 0 Å². The summed E-state index contributed by atoms with van der Waals surface area (Å²) in [5.74, 6) is 1.44. The van der Waals surface area contributed by atoms with E-state index in [2.05, 4.69) is 10.1 Å². The molecule has 0 spiro atoms. The van der Waals surface area contributed by atoms with Crippen LogP contribution in [0.15, 0.2) is 40.9 Å². The third-order valence-electron chi connectivity index (χ3n) is 3.14. The number of aryl methyl sites for hydroxylation is 1. The molecule has 0 amide bonds. The van der Waals surface area contributed by atoms with Crippen molar-refractivity contribution in [3.63, 3.8) is 0 Å². The summed E-state index contributed by atoms with van der Waals surface area (Å²) >= 11 is 0. The molecule has 0 fully saturated rings. The number of nitrogens with two attached hydrogens (primary N) is 1. The first-order valence-electron chi connectivity index (χ1n) is 6.52. The van der Waals surface area contributed by atoms with Crippen LogP contribution in [0.25, 0.3) is 22.2 Å². The highest BCUT2D eigenvalue weighted by Gasteiger charge is 2.09. The van der Waals surface area contributed by atoms with Crippen LogP contribution in [0.5, 0.6) is 5.75 Å². The van der Waals surface area contributed by atoms with Crippen molar-refractivity contribution in [2.75, 3.05) is 6.54 Å². The highest BCUT2D eigenvalue weighted by atomic mass is 16.5. The number of phenolic OH excluding ortho intramolecular Hbond substituents is 1. The predicted molar refractivity (Wildman–Crippen MR) is 76.3 cm³/mol. The van der Waals surface area contributed by atoms with Gasteiger partial charge in [-0.3, -0.25) is 0 Å². The second-order valence-electron chi connectivity index (χ2n) is 4.65. The van der Waals surface area contributed by atoms with Crippen LogP contribution in [0, 0.1) is 0 Å². The van der Waals surface area contributed by atoms with E-state index in [4.69, 9.17) is 10.3 Å². The fourth-order valence-corrected chi connectivity index (χ4v) is 2.10. The van der Waals surface area contributed by atoms with Gasteiger partial charge in [0, 0.05) is 12.0 Å². The van der Waals surface area contributed by atoms with Crippen molar-refractivity contribution in [2.24, 2.45) is 5.73 Å². The maximum absolute atomic E-state index is 9.45. The van der Waals surface area contributed by atoms with Crippen molar-refractivity contribution in [2.45, 2.75) is 12.8 Å². The monoisotopic (exact) mass is 269 g/mol. The van der Waals surface area contributed by atoms with Crippen molar-refractivity contribution in [3.8, 4) is 17.1 Å². The molecule has 5 nitrogen and oxygen atoms in total. The molecule has 2 aromatic carbocycles. The van der Waals surface area contributed by atoms with Crippen molar-refractivity contribution >= 4 is 10.8 Å². The van der Waals surface area contributed by atoms with Crippen LogP contribution in [-0.2, 0) is 6.42 Å². The SMILES string of the molecule is NCCCc1nc(-c2ccc3cc(O)ccc3c2)no1. The van der Waals surface area contributed by atoms with Crippen LogP contribution < -0.4 is 5.73 Å². The third-order valence-corrected chi connectivity index (χ3v) is 3.14. The Labute approximate surface area is 116 Å². The van der Waals surface area contributed by atoms with E-state index in [-0.39, 0.29) is 5.75 Å². The normalized spacial score (nSPS) is 11.1. The minimum Gasteiger partial charge on any atom is -0.508 e. The topological polar surface area (TPSA) is 85.2 Å². The molecular formula is C15H15N3O2. The lowest BCUT2D eigenvalue weighted by molar-refractivity contribution is 0.376. The van der Waals surface area contributed by atoms with Gasteiger partial charge >= 0.3 is 0 Å². The molecule has 1 aromatic heterocycles. The van der Waals surface area contributed by atoms with E-state index in [1.165, 1.54) is 0 Å². The van der Waals surface area contributed by atoms with Gasteiger partial charge in [0.15, 0.2) is 0 Å². The van der Waals surface area contributed by atoms with E-state index in [0.717, 1.165) is 22.8 Å². The molecule has 0 aliphatic carbocycles. The van der Waals surface area contributed by atoms with Crippen LogP contribution in [0.2, 0.25) is 0 Å². The number of aromatic hydroxyl groups is 1. The maximum atomic E-state index is 9.45. The Bertz CT molecular complexity index is 737. The number of aromatic nitrogens is 2. The van der Waals surface area contributed by atoms with Crippen molar-refractivity contribution in [1.29, 1.82) is 0 Å². The van der Waals surface area contributed by atoms with Crippen LogP contribution in [0.4, 0.5) is 0 Å². The number of hydrogen-bond donors (Lipinski definition) is 2. The van der Waals surface area contributed by atoms with E-state index in [1.807, 2.05) is 24.3 Å². The average Bonchev–Trinajstić information content (AvgIpc) is 2.93. The van der Waals surface area contributed by atoms with Gasteiger partial charge in [-0.25, -0.2) is 0 Å². The Morgan fingerprint density at radius 2 is 1.90 bits per heavy atom. The van der Waals surface area contributed by atoms with Gasteiger partial charge in [0.05, 0.1) is 0 Å². The number of benzene rings is 2. The number of phenols is 1. The molecule has 1 heterocycles. The van der Waals surface area contributed by atoms with E-state index in [1.54, 1.807) is 12.1 Å². The minimum atomic E-state index is 0.258. The van der Waals surface area contributed by atoms with E-state index in [9.17, 15) is 5.11 Å². The Balaban J connectivity index is 1.93. The fourth-order valence-electron chi connectivity index (χ4n) is 2.10. The number of hydrogen-bond acceptors (Lipinski definition) is 5. The molecule has 20 heavy (non-hydrogen) atoms. The summed E-state index contributed by atoms with van der Waals surface area (Å²) in [7, 11) is 0. The van der Waals surface area contributed by atoms with Gasteiger partial charge in [0.2, 0.25) is 11.7 Å². The molecule has 3 aromatic rings. The predicted octanol–water partition coefficient (Wildman–Crippen LogP) is 2.49. The number of nitrogens with zero attached hydrogens (tertiary/aromatic N) is 2. The summed E-state index contributed by atoms with van der Waals surface area (Å²) in [4.78, 5) is 4.36. The van der Waals surface area contributed by atoms with Crippen molar-refractivity contribution in [1.82, 2.24) is 10.1 Å². The molecule has 3 N–H and O–H groups in total. The van der Waals surface area contributed by atoms with E-state index >= 15 is 0 Å². The molecule has 0 aliphatic rings. The summed E-state index contributed by atoms with van der Waals surface area (Å²) in [6.45, 7) is 0.608. The van der Waals surface area contributed by atoms with Crippen LogP contribution in [0.3, 0.4) is 0 Å². The quantitative estimate of drug-likeness (QED) is 0.760. The first kappa shape index (κ1) is 12.6. The summed E-state index contributed by atoms with van der Waals surface area (Å²) in [5, 5.41) is 15.4. The smallest absolute Gasteiger partial charge is 0.227 e. The van der Waals surface area contributed by atoms with Crippen molar-refractivity contribution < 1.29 is 9.63 Å². The zero-order valence-corrected chi connectivity index (χ0v) is 10.9. The van der Waals surface area contributed by atoms with Crippen molar-refractivity contribution in [3.05, 3.63) is 42.3 Å². The summed E-state index contributed by atoms with van der Waals surface area (Å²) in [6.07, 6.45) is 1.53. The van der Waals surface area contributed by atoms with E-state index in [0.29, 0.717) is 24.7 Å². The molecule has 3 rings (SSSR count). The van der Waals surface area contributed by atoms with Gasteiger partial charge in [0.1, 0.15) is 5.75 Å². The molecule has 0 unspecified atom stereocenters. The summed E-state index contributed by atoms with van der Waals surface area (Å²) < 4.78 is 5.20.